The van der Waals surface area contributed by atoms with Gasteiger partial charge in [0, 0.05) is 29.9 Å². The normalized spacial score (nSPS) is 12.8. The SMILES string of the molecule is CCN(CC)CC(C)Nc1c(F)cc(N)c2cccnc12. The van der Waals surface area contributed by atoms with E-state index in [1.807, 2.05) is 13.0 Å². The molecule has 0 bridgehead atoms. The van der Waals surface area contributed by atoms with Gasteiger partial charge < -0.3 is 16.0 Å². The second-order valence-electron chi connectivity index (χ2n) is 5.25. The van der Waals surface area contributed by atoms with Crippen LogP contribution in [0.5, 0.6) is 0 Å². The second kappa shape index (κ2) is 6.72. The number of hydrogen-bond acceptors (Lipinski definition) is 4. The Labute approximate surface area is 125 Å². The van der Waals surface area contributed by atoms with Crippen molar-refractivity contribution in [2.75, 3.05) is 30.7 Å². The molecule has 2 aromatic rings. The molecule has 0 aliphatic heterocycles. The predicted molar refractivity (Wildman–Crippen MR) is 87.0 cm³/mol. The first kappa shape index (κ1) is 15.5. The Bertz CT molecular complexity index is 610. The lowest BCUT2D eigenvalue weighted by Crippen LogP contribution is -2.35. The Morgan fingerprint density at radius 3 is 2.76 bits per heavy atom. The summed E-state index contributed by atoms with van der Waals surface area (Å²) in [5, 5.41) is 4.02. The molecule has 0 saturated heterocycles. The van der Waals surface area contributed by atoms with Crippen molar-refractivity contribution in [1.82, 2.24) is 9.88 Å². The van der Waals surface area contributed by atoms with E-state index in [9.17, 15) is 4.39 Å². The third kappa shape index (κ3) is 3.42. The number of likely N-dealkylation sites (N-methyl/N-ethyl adjacent to an activating group) is 1. The van der Waals surface area contributed by atoms with Gasteiger partial charge in [-0.25, -0.2) is 4.39 Å². The van der Waals surface area contributed by atoms with Crippen LogP contribution in [0.3, 0.4) is 0 Å². The molecule has 114 valence electrons. The zero-order valence-corrected chi connectivity index (χ0v) is 12.9. The highest BCUT2D eigenvalue weighted by Gasteiger charge is 2.15. The molecule has 0 fully saturated rings. The molecule has 1 heterocycles. The van der Waals surface area contributed by atoms with Crippen molar-refractivity contribution in [1.29, 1.82) is 0 Å². The van der Waals surface area contributed by atoms with Crippen molar-refractivity contribution in [2.24, 2.45) is 0 Å². The van der Waals surface area contributed by atoms with Crippen molar-refractivity contribution in [3.05, 3.63) is 30.2 Å². The van der Waals surface area contributed by atoms with Gasteiger partial charge in [-0.2, -0.15) is 0 Å². The van der Waals surface area contributed by atoms with Gasteiger partial charge in [0.25, 0.3) is 0 Å². The molecule has 3 N–H and O–H groups in total. The number of nitrogens with one attached hydrogen (secondary N) is 1. The lowest BCUT2D eigenvalue weighted by molar-refractivity contribution is 0.294. The van der Waals surface area contributed by atoms with Crippen LogP contribution >= 0.6 is 0 Å². The zero-order valence-electron chi connectivity index (χ0n) is 12.9. The fraction of sp³-hybridized carbons (Fsp3) is 0.438. The van der Waals surface area contributed by atoms with Crippen molar-refractivity contribution < 1.29 is 4.39 Å². The van der Waals surface area contributed by atoms with E-state index < -0.39 is 0 Å². The van der Waals surface area contributed by atoms with Gasteiger partial charge in [-0.05, 0) is 38.2 Å². The molecule has 2 rings (SSSR count). The van der Waals surface area contributed by atoms with E-state index in [1.165, 1.54) is 6.07 Å². The minimum Gasteiger partial charge on any atom is -0.398 e. The fourth-order valence-corrected chi connectivity index (χ4v) is 2.54. The van der Waals surface area contributed by atoms with E-state index >= 15 is 0 Å². The summed E-state index contributed by atoms with van der Waals surface area (Å²) in [7, 11) is 0. The zero-order chi connectivity index (χ0) is 15.4. The molecule has 0 aliphatic rings. The van der Waals surface area contributed by atoms with Crippen LogP contribution in [0, 0.1) is 5.82 Å². The average Bonchev–Trinajstić information content (AvgIpc) is 2.49. The molecule has 1 aromatic carbocycles. The van der Waals surface area contributed by atoms with Crippen LogP contribution in [-0.4, -0.2) is 35.6 Å². The first-order valence-electron chi connectivity index (χ1n) is 7.38. The number of rotatable bonds is 6. The summed E-state index contributed by atoms with van der Waals surface area (Å²) in [6.07, 6.45) is 1.65. The molecular weight excluding hydrogens is 267 g/mol. The largest absolute Gasteiger partial charge is 0.398 e. The van der Waals surface area contributed by atoms with E-state index in [4.69, 9.17) is 5.73 Å². The number of pyridine rings is 1. The first-order valence-corrected chi connectivity index (χ1v) is 7.38. The van der Waals surface area contributed by atoms with Crippen LogP contribution in [-0.2, 0) is 0 Å². The van der Waals surface area contributed by atoms with Gasteiger partial charge in [-0.3, -0.25) is 4.98 Å². The Morgan fingerprint density at radius 1 is 1.38 bits per heavy atom. The van der Waals surface area contributed by atoms with Gasteiger partial charge in [-0.1, -0.05) is 13.8 Å². The Balaban J connectivity index is 2.30. The van der Waals surface area contributed by atoms with Crippen LogP contribution < -0.4 is 11.1 Å². The number of nitrogen functional groups attached to an aromatic ring is 1. The van der Waals surface area contributed by atoms with Gasteiger partial charge >= 0.3 is 0 Å². The van der Waals surface area contributed by atoms with Crippen molar-refractivity contribution in [2.45, 2.75) is 26.8 Å². The summed E-state index contributed by atoms with van der Waals surface area (Å²) < 4.78 is 14.2. The number of halogens is 1. The molecule has 0 saturated carbocycles. The van der Waals surface area contributed by atoms with Crippen LogP contribution in [0.4, 0.5) is 15.8 Å². The van der Waals surface area contributed by atoms with E-state index in [0.29, 0.717) is 16.9 Å². The molecule has 1 atom stereocenters. The van der Waals surface area contributed by atoms with Crippen molar-refractivity contribution in [3.63, 3.8) is 0 Å². The van der Waals surface area contributed by atoms with E-state index in [2.05, 4.69) is 29.0 Å². The monoisotopic (exact) mass is 290 g/mol. The summed E-state index contributed by atoms with van der Waals surface area (Å²) in [5.74, 6) is -0.356. The van der Waals surface area contributed by atoms with Crippen LogP contribution in [0.1, 0.15) is 20.8 Å². The Morgan fingerprint density at radius 2 is 2.10 bits per heavy atom. The summed E-state index contributed by atoms with van der Waals surface area (Å²) in [5.41, 5.74) is 7.29. The number of benzene rings is 1. The second-order valence-corrected chi connectivity index (χ2v) is 5.25. The topological polar surface area (TPSA) is 54.2 Å². The maximum Gasteiger partial charge on any atom is 0.150 e. The van der Waals surface area contributed by atoms with Gasteiger partial charge in [0.2, 0.25) is 0 Å². The number of nitrogens with zero attached hydrogens (tertiary/aromatic N) is 2. The van der Waals surface area contributed by atoms with Crippen LogP contribution in [0.2, 0.25) is 0 Å². The quantitative estimate of drug-likeness (QED) is 0.803. The number of hydrogen-bond donors (Lipinski definition) is 2. The molecular formula is C16H23FN4. The van der Waals surface area contributed by atoms with Gasteiger partial charge in [0.1, 0.15) is 0 Å². The van der Waals surface area contributed by atoms with E-state index in [-0.39, 0.29) is 11.9 Å². The summed E-state index contributed by atoms with van der Waals surface area (Å²) in [6.45, 7) is 9.10. The average molecular weight is 290 g/mol. The molecule has 4 nitrogen and oxygen atoms in total. The maximum atomic E-state index is 14.2. The number of aromatic nitrogens is 1. The Kier molecular flexibility index (Phi) is 4.96. The highest BCUT2D eigenvalue weighted by molar-refractivity contribution is 5.98. The van der Waals surface area contributed by atoms with Gasteiger partial charge in [-0.15, -0.1) is 0 Å². The summed E-state index contributed by atoms with van der Waals surface area (Å²) >= 11 is 0. The molecule has 1 aromatic heterocycles. The van der Waals surface area contributed by atoms with Crippen LogP contribution in [0.25, 0.3) is 10.9 Å². The van der Waals surface area contributed by atoms with Crippen molar-refractivity contribution >= 4 is 22.3 Å². The lowest BCUT2D eigenvalue weighted by atomic mass is 10.1. The fourth-order valence-electron chi connectivity index (χ4n) is 2.54. The number of nitrogens with two attached hydrogens (primary N) is 1. The van der Waals surface area contributed by atoms with E-state index in [0.717, 1.165) is 25.0 Å². The minimum atomic E-state index is -0.356. The highest BCUT2D eigenvalue weighted by Crippen LogP contribution is 2.30. The number of anilines is 2. The molecule has 0 amide bonds. The molecule has 1 unspecified atom stereocenters. The van der Waals surface area contributed by atoms with Crippen LogP contribution in [0.15, 0.2) is 24.4 Å². The molecule has 0 radical (unpaired) electrons. The smallest absolute Gasteiger partial charge is 0.150 e. The lowest BCUT2D eigenvalue weighted by Gasteiger charge is -2.24. The number of fused-ring (bicyclic) bond motifs is 1. The third-order valence-electron chi connectivity index (χ3n) is 3.69. The van der Waals surface area contributed by atoms with Gasteiger partial charge in [0.05, 0.1) is 11.2 Å². The van der Waals surface area contributed by atoms with E-state index in [1.54, 1.807) is 12.3 Å². The standard InChI is InChI=1S/C16H23FN4/c1-4-21(5-2)10-11(3)20-16-13(17)9-14(18)12-7-6-8-19-15(12)16/h6-9,11,20H,4-5,10,18H2,1-3H3. The van der Waals surface area contributed by atoms with Crippen molar-refractivity contribution in [3.8, 4) is 0 Å². The molecule has 21 heavy (non-hydrogen) atoms. The first-order chi connectivity index (χ1) is 10.1. The predicted octanol–water partition coefficient (Wildman–Crippen LogP) is 3.10. The van der Waals surface area contributed by atoms with Gasteiger partial charge in [0.15, 0.2) is 5.82 Å². The minimum absolute atomic E-state index is 0.119. The summed E-state index contributed by atoms with van der Waals surface area (Å²) in [6, 6.07) is 5.14. The molecule has 0 aliphatic carbocycles. The highest BCUT2D eigenvalue weighted by atomic mass is 19.1. The summed E-state index contributed by atoms with van der Waals surface area (Å²) in [4.78, 5) is 6.57. The molecule has 5 heteroatoms. The maximum absolute atomic E-state index is 14.2. The molecule has 0 spiro atoms. The third-order valence-corrected chi connectivity index (χ3v) is 3.69. The Hall–Kier alpha value is -1.88.